The summed E-state index contributed by atoms with van der Waals surface area (Å²) in [6, 6.07) is 7.78. The zero-order valence-corrected chi connectivity index (χ0v) is 23.6. The molecule has 0 saturated carbocycles. The second-order valence-corrected chi connectivity index (χ2v) is 9.39. The number of rotatable bonds is 18. The fourth-order valence-corrected chi connectivity index (χ4v) is 4.41. The van der Waals surface area contributed by atoms with Crippen molar-refractivity contribution in [3.05, 3.63) is 97.7 Å². The molecule has 0 spiro atoms. The molecule has 0 bridgehead atoms. The molecule has 0 amide bonds. The number of allylic oxidation sites excluding steroid dienone is 2. The Morgan fingerprint density at radius 1 is 0.780 bits per heavy atom. The van der Waals surface area contributed by atoms with E-state index in [2.05, 4.69) is 39.3 Å². The summed E-state index contributed by atoms with van der Waals surface area (Å²) in [4.78, 5) is 23.9. The molecule has 2 aromatic rings. The molecule has 1 aliphatic carbocycles. The van der Waals surface area contributed by atoms with E-state index in [0.717, 1.165) is 34.1 Å². The fourth-order valence-electron chi connectivity index (χ4n) is 4.41. The van der Waals surface area contributed by atoms with Gasteiger partial charge in [-0.1, -0.05) is 61.2 Å². The van der Waals surface area contributed by atoms with E-state index in [4.69, 9.17) is 28.4 Å². The lowest BCUT2D eigenvalue weighted by molar-refractivity contribution is -0.148. The Bertz CT molecular complexity index is 1290. The first-order chi connectivity index (χ1) is 19.9. The van der Waals surface area contributed by atoms with E-state index in [1.165, 1.54) is 5.57 Å². The Hall–Kier alpha value is -4.14. The SMILES string of the molecule is C=CCOCC(COc1c2c(c(OCC(COCC=C)OC(=O)C=C)c3ccccc13)CC(C)=CC2)OC(=O)C=C. The predicted molar refractivity (Wildman–Crippen MR) is 158 cm³/mol. The molecule has 0 N–H and O–H groups in total. The zero-order chi connectivity index (χ0) is 29.6. The van der Waals surface area contributed by atoms with Crippen molar-refractivity contribution in [1.82, 2.24) is 0 Å². The largest absolute Gasteiger partial charge is 0.489 e. The Kier molecular flexibility index (Phi) is 12.4. The van der Waals surface area contributed by atoms with Crippen LogP contribution in [0.15, 0.2) is 86.5 Å². The van der Waals surface area contributed by atoms with Crippen LogP contribution in [0.2, 0.25) is 0 Å². The Morgan fingerprint density at radius 3 is 1.73 bits per heavy atom. The highest BCUT2D eigenvalue weighted by molar-refractivity contribution is 5.96. The summed E-state index contributed by atoms with van der Waals surface area (Å²) in [5.74, 6) is 0.277. The van der Waals surface area contributed by atoms with Gasteiger partial charge in [0.15, 0.2) is 12.2 Å². The molecule has 2 atom stereocenters. The molecule has 218 valence electrons. The second-order valence-electron chi connectivity index (χ2n) is 9.39. The van der Waals surface area contributed by atoms with E-state index in [-0.39, 0.29) is 26.4 Å². The van der Waals surface area contributed by atoms with Crippen LogP contribution < -0.4 is 9.47 Å². The van der Waals surface area contributed by atoms with Crippen LogP contribution in [-0.4, -0.2) is 63.8 Å². The lowest BCUT2D eigenvalue weighted by Gasteiger charge is -2.27. The number of esters is 2. The molecule has 0 fully saturated rings. The number of ether oxygens (including phenoxy) is 6. The van der Waals surface area contributed by atoms with Crippen molar-refractivity contribution in [1.29, 1.82) is 0 Å². The minimum Gasteiger partial charge on any atom is -0.489 e. The van der Waals surface area contributed by atoms with E-state index in [0.29, 0.717) is 37.6 Å². The first-order valence-corrected chi connectivity index (χ1v) is 13.4. The molecule has 0 radical (unpaired) electrons. The Labute approximate surface area is 241 Å². The monoisotopic (exact) mass is 562 g/mol. The summed E-state index contributed by atoms with van der Waals surface area (Å²) in [5.41, 5.74) is 3.16. The van der Waals surface area contributed by atoms with Gasteiger partial charge in [0.05, 0.1) is 26.4 Å². The number of hydrogen-bond acceptors (Lipinski definition) is 8. The maximum Gasteiger partial charge on any atom is 0.330 e. The number of hydrogen-bond donors (Lipinski definition) is 0. The molecular formula is C33H38O8. The molecule has 8 heteroatoms. The molecule has 2 aromatic carbocycles. The number of carbonyl (C=O) groups is 2. The third-order valence-corrected chi connectivity index (χ3v) is 6.24. The van der Waals surface area contributed by atoms with Crippen molar-refractivity contribution < 1.29 is 38.0 Å². The van der Waals surface area contributed by atoms with Crippen LogP contribution in [0.3, 0.4) is 0 Å². The average molecular weight is 563 g/mol. The minimum atomic E-state index is -0.651. The van der Waals surface area contributed by atoms with Crippen molar-refractivity contribution in [3.63, 3.8) is 0 Å². The van der Waals surface area contributed by atoms with Gasteiger partial charge >= 0.3 is 11.9 Å². The predicted octanol–water partition coefficient (Wildman–Crippen LogP) is 5.24. The maximum absolute atomic E-state index is 11.9. The van der Waals surface area contributed by atoms with Crippen LogP contribution in [-0.2, 0) is 41.4 Å². The van der Waals surface area contributed by atoms with Crippen LogP contribution in [0.1, 0.15) is 18.1 Å². The molecule has 3 rings (SSSR count). The Balaban J connectivity index is 1.96. The highest BCUT2D eigenvalue weighted by Crippen LogP contribution is 2.44. The van der Waals surface area contributed by atoms with Crippen molar-refractivity contribution in [3.8, 4) is 11.5 Å². The molecule has 0 aliphatic heterocycles. The van der Waals surface area contributed by atoms with Gasteiger partial charge in [-0.05, 0) is 19.8 Å². The standard InChI is InChI=1S/C33H38O8/c1-6-16-36-19-24(40-30(34)8-3)21-38-32-26-12-10-11-13-27(26)33(29-18-23(5)14-15-28(29)32)39-22-25(20-37-17-7-2)41-31(35)9-4/h6-14,24-25H,1-4,15-22H2,5H3. The summed E-state index contributed by atoms with van der Waals surface area (Å²) in [5, 5.41) is 1.69. The maximum atomic E-state index is 11.9. The van der Waals surface area contributed by atoms with Crippen LogP contribution in [0.25, 0.3) is 10.8 Å². The molecule has 0 heterocycles. The van der Waals surface area contributed by atoms with Gasteiger partial charge in [-0.25, -0.2) is 9.59 Å². The van der Waals surface area contributed by atoms with Gasteiger partial charge in [0.25, 0.3) is 0 Å². The van der Waals surface area contributed by atoms with Crippen LogP contribution in [0, 0.1) is 0 Å². The van der Waals surface area contributed by atoms with Crippen molar-refractivity contribution in [2.45, 2.75) is 32.0 Å². The smallest absolute Gasteiger partial charge is 0.330 e. The fraction of sp³-hybridized carbons (Fsp3) is 0.333. The molecule has 41 heavy (non-hydrogen) atoms. The lowest BCUT2D eigenvalue weighted by atomic mass is 9.87. The van der Waals surface area contributed by atoms with Crippen molar-refractivity contribution in [2.75, 3.05) is 39.6 Å². The number of fused-ring (bicyclic) bond motifs is 2. The quantitative estimate of drug-likeness (QED) is 0.105. The van der Waals surface area contributed by atoms with Crippen LogP contribution >= 0.6 is 0 Å². The van der Waals surface area contributed by atoms with Gasteiger partial charge in [-0.2, -0.15) is 0 Å². The molecule has 8 nitrogen and oxygen atoms in total. The summed E-state index contributed by atoms with van der Waals surface area (Å²) < 4.78 is 34.8. The van der Waals surface area contributed by atoms with E-state index in [1.807, 2.05) is 24.3 Å². The number of benzene rings is 2. The molecular weight excluding hydrogens is 524 g/mol. The van der Waals surface area contributed by atoms with Crippen LogP contribution in [0.5, 0.6) is 11.5 Å². The third kappa shape index (κ3) is 8.93. The van der Waals surface area contributed by atoms with E-state index < -0.39 is 24.1 Å². The molecule has 2 unspecified atom stereocenters. The normalized spacial score (nSPS) is 13.6. The Morgan fingerprint density at radius 2 is 1.27 bits per heavy atom. The summed E-state index contributed by atoms with van der Waals surface area (Å²) in [7, 11) is 0. The molecule has 0 saturated heterocycles. The highest BCUT2D eigenvalue weighted by Gasteiger charge is 2.26. The van der Waals surface area contributed by atoms with Gasteiger partial charge < -0.3 is 28.4 Å². The van der Waals surface area contributed by atoms with Crippen molar-refractivity contribution in [2.24, 2.45) is 0 Å². The molecule has 1 aliphatic rings. The average Bonchev–Trinajstić information content (AvgIpc) is 2.98. The number of carbonyl (C=O) groups excluding carboxylic acids is 2. The van der Waals surface area contributed by atoms with E-state index >= 15 is 0 Å². The summed E-state index contributed by atoms with van der Waals surface area (Å²) in [6.07, 6.45) is 7.63. The second kappa shape index (κ2) is 16.2. The van der Waals surface area contributed by atoms with E-state index in [9.17, 15) is 9.59 Å². The van der Waals surface area contributed by atoms with Gasteiger partial charge in [0.2, 0.25) is 0 Å². The topological polar surface area (TPSA) is 89.5 Å². The van der Waals surface area contributed by atoms with E-state index in [1.54, 1.807) is 12.2 Å². The highest BCUT2D eigenvalue weighted by atomic mass is 16.6. The van der Waals surface area contributed by atoms with Crippen LogP contribution in [0.4, 0.5) is 0 Å². The zero-order valence-electron chi connectivity index (χ0n) is 23.6. The van der Waals surface area contributed by atoms with Gasteiger partial charge in [0.1, 0.15) is 24.7 Å². The first-order valence-electron chi connectivity index (χ1n) is 13.4. The van der Waals surface area contributed by atoms with Crippen molar-refractivity contribution >= 4 is 22.7 Å². The van der Waals surface area contributed by atoms with Gasteiger partial charge in [0, 0.05) is 34.1 Å². The summed E-state index contributed by atoms with van der Waals surface area (Å²) in [6.45, 7) is 17.4. The lowest BCUT2D eigenvalue weighted by Crippen LogP contribution is -2.30. The van der Waals surface area contributed by atoms with Gasteiger partial charge in [-0.3, -0.25) is 0 Å². The first kappa shape index (κ1) is 31.4. The molecule has 0 aromatic heterocycles. The third-order valence-electron chi connectivity index (χ3n) is 6.24. The minimum absolute atomic E-state index is 0.0796. The summed E-state index contributed by atoms with van der Waals surface area (Å²) >= 11 is 0. The van der Waals surface area contributed by atoms with Gasteiger partial charge in [-0.15, -0.1) is 13.2 Å².